The number of fused-ring (bicyclic) bond motifs is 1. The minimum atomic E-state index is -4.90. The van der Waals surface area contributed by atoms with Crippen molar-refractivity contribution in [2.75, 3.05) is 0 Å². The Morgan fingerprint density at radius 1 is 1.10 bits per heavy atom. The van der Waals surface area contributed by atoms with Gasteiger partial charge in [0.1, 0.15) is 17.2 Å². The maximum atomic E-state index is 13.3. The lowest BCUT2D eigenvalue weighted by atomic mass is 9.87. The van der Waals surface area contributed by atoms with E-state index in [-0.39, 0.29) is 27.5 Å². The predicted octanol–water partition coefficient (Wildman–Crippen LogP) is 6.87. The predicted molar refractivity (Wildman–Crippen MR) is 108 cm³/mol. The molecule has 0 bridgehead atoms. The van der Waals surface area contributed by atoms with Crippen molar-refractivity contribution in [1.29, 1.82) is 0 Å². The summed E-state index contributed by atoms with van der Waals surface area (Å²) in [5.74, 6) is -1.47. The van der Waals surface area contributed by atoms with Crippen molar-refractivity contribution in [2.24, 2.45) is 0 Å². The van der Waals surface area contributed by atoms with E-state index in [2.05, 4.69) is 0 Å². The van der Waals surface area contributed by atoms with Gasteiger partial charge >= 0.3 is 12.1 Å². The molecule has 9 heteroatoms. The van der Waals surface area contributed by atoms with E-state index in [9.17, 15) is 18.0 Å². The molecule has 0 amide bonds. The summed E-state index contributed by atoms with van der Waals surface area (Å²) >= 11 is 12.5. The maximum absolute atomic E-state index is 13.3. The van der Waals surface area contributed by atoms with Gasteiger partial charge in [0.25, 0.3) is 0 Å². The molecule has 1 atom stereocenters. The van der Waals surface area contributed by atoms with Crippen LogP contribution in [0.4, 0.5) is 13.2 Å². The third-order valence-electron chi connectivity index (χ3n) is 4.42. The fraction of sp³-hybridized carbons (Fsp3) is 0.286. The number of aliphatic carboxylic acids is 1. The van der Waals surface area contributed by atoms with E-state index in [1.807, 2.05) is 20.8 Å². The number of carboxylic acid groups (broad SMARTS) is 1. The summed E-state index contributed by atoms with van der Waals surface area (Å²) < 4.78 is 50.5. The van der Waals surface area contributed by atoms with Crippen LogP contribution in [0.25, 0.3) is 6.08 Å². The number of ether oxygens (including phenoxy) is 2. The molecule has 1 heterocycles. The van der Waals surface area contributed by atoms with Gasteiger partial charge in [-0.1, -0.05) is 44.0 Å². The summed E-state index contributed by atoms with van der Waals surface area (Å²) in [4.78, 5) is 11.2. The van der Waals surface area contributed by atoms with Crippen molar-refractivity contribution < 1.29 is 32.5 Å². The molecule has 0 saturated carbocycles. The van der Waals surface area contributed by atoms with Gasteiger partial charge in [-0.05, 0) is 41.3 Å². The molecule has 0 saturated heterocycles. The van der Waals surface area contributed by atoms with Crippen LogP contribution in [0.3, 0.4) is 0 Å². The Balaban J connectivity index is 2.01. The van der Waals surface area contributed by atoms with Gasteiger partial charge in [-0.3, -0.25) is 0 Å². The van der Waals surface area contributed by atoms with Crippen LogP contribution in [-0.2, 0) is 10.2 Å². The minimum absolute atomic E-state index is 0.0608. The molecule has 2 aromatic carbocycles. The molecule has 0 radical (unpaired) electrons. The van der Waals surface area contributed by atoms with Crippen LogP contribution < -0.4 is 9.47 Å². The van der Waals surface area contributed by atoms with Crippen LogP contribution in [0.5, 0.6) is 17.2 Å². The number of carboxylic acids is 1. The van der Waals surface area contributed by atoms with Crippen LogP contribution in [0.2, 0.25) is 10.0 Å². The van der Waals surface area contributed by atoms with Crippen LogP contribution in [0.15, 0.2) is 35.9 Å². The second-order valence-corrected chi connectivity index (χ2v) is 8.57. The molecule has 0 spiro atoms. The van der Waals surface area contributed by atoms with E-state index >= 15 is 0 Å². The van der Waals surface area contributed by atoms with Gasteiger partial charge in [0.15, 0.2) is 0 Å². The van der Waals surface area contributed by atoms with Crippen LogP contribution in [0.1, 0.15) is 31.9 Å². The number of rotatable bonds is 3. The number of hydrogen-bond donors (Lipinski definition) is 1. The van der Waals surface area contributed by atoms with Crippen molar-refractivity contribution in [3.8, 4) is 17.2 Å². The number of benzene rings is 2. The summed E-state index contributed by atoms with van der Waals surface area (Å²) in [7, 11) is 0. The number of halogens is 5. The summed E-state index contributed by atoms with van der Waals surface area (Å²) in [5, 5.41) is 9.74. The topological polar surface area (TPSA) is 55.8 Å². The smallest absolute Gasteiger partial charge is 0.430 e. The zero-order chi connectivity index (χ0) is 22.4. The summed E-state index contributed by atoms with van der Waals surface area (Å²) in [6.45, 7) is 5.92. The zero-order valence-electron chi connectivity index (χ0n) is 16.1. The van der Waals surface area contributed by atoms with Crippen molar-refractivity contribution >= 4 is 35.2 Å². The van der Waals surface area contributed by atoms with E-state index in [1.165, 1.54) is 12.1 Å². The average Bonchev–Trinajstić information content (AvgIpc) is 2.61. The largest absolute Gasteiger partial charge is 0.478 e. The van der Waals surface area contributed by atoms with E-state index < -0.39 is 23.8 Å². The zero-order valence-corrected chi connectivity index (χ0v) is 17.6. The molecule has 4 nitrogen and oxygen atoms in total. The highest BCUT2D eigenvalue weighted by atomic mass is 35.5. The number of hydrogen-bond acceptors (Lipinski definition) is 3. The first-order valence-corrected chi connectivity index (χ1v) is 9.52. The second-order valence-electron chi connectivity index (χ2n) is 7.76. The van der Waals surface area contributed by atoms with Crippen molar-refractivity contribution in [2.45, 2.75) is 38.5 Å². The lowest BCUT2D eigenvalue weighted by Crippen LogP contribution is -2.40. The Kier molecular flexibility index (Phi) is 5.73. The third kappa shape index (κ3) is 4.52. The molecule has 1 N–H and O–H groups in total. The van der Waals surface area contributed by atoms with Gasteiger partial charge in [-0.15, -0.1) is 0 Å². The quantitative estimate of drug-likeness (QED) is 0.542. The van der Waals surface area contributed by atoms with Crippen LogP contribution in [0, 0.1) is 0 Å². The average molecular weight is 461 g/mol. The second kappa shape index (κ2) is 7.71. The molecule has 160 valence electrons. The highest BCUT2D eigenvalue weighted by molar-refractivity contribution is 6.32. The number of alkyl halides is 3. The normalized spacial score (nSPS) is 16.4. The molecule has 3 rings (SSSR count). The van der Waals surface area contributed by atoms with Crippen molar-refractivity contribution in [3.05, 3.63) is 57.1 Å². The Labute approximate surface area is 180 Å². The van der Waals surface area contributed by atoms with Crippen molar-refractivity contribution in [3.63, 3.8) is 0 Å². The van der Waals surface area contributed by atoms with E-state index in [0.717, 1.165) is 11.6 Å². The molecule has 1 unspecified atom stereocenters. The van der Waals surface area contributed by atoms with Gasteiger partial charge in [0, 0.05) is 16.7 Å². The SMILES string of the molecule is CC(C)(C)c1cc(Oc2cc3c(cc2Cl)C=C(C(=O)O)C(C(F)(F)F)O3)ccc1Cl. The molecule has 2 aromatic rings. The molecule has 1 aliphatic rings. The van der Waals surface area contributed by atoms with Gasteiger partial charge in [0.05, 0.1) is 10.6 Å². The van der Waals surface area contributed by atoms with Crippen LogP contribution >= 0.6 is 23.2 Å². The highest BCUT2D eigenvalue weighted by Crippen LogP contribution is 2.43. The molecule has 0 aliphatic carbocycles. The van der Waals surface area contributed by atoms with Gasteiger partial charge in [-0.2, -0.15) is 13.2 Å². The Bertz CT molecular complexity index is 1040. The van der Waals surface area contributed by atoms with Gasteiger partial charge in [0.2, 0.25) is 6.10 Å². The summed E-state index contributed by atoms with van der Waals surface area (Å²) in [6.07, 6.45) is -6.60. The van der Waals surface area contributed by atoms with E-state index in [1.54, 1.807) is 18.2 Å². The van der Waals surface area contributed by atoms with Gasteiger partial charge < -0.3 is 14.6 Å². The highest BCUT2D eigenvalue weighted by Gasteiger charge is 2.48. The summed E-state index contributed by atoms with van der Waals surface area (Å²) in [6, 6.07) is 7.48. The molecule has 1 aliphatic heterocycles. The minimum Gasteiger partial charge on any atom is -0.478 e. The van der Waals surface area contributed by atoms with Gasteiger partial charge in [-0.25, -0.2) is 4.79 Å². The molecular weight excluding hydrogens is 444 g/mol. The first-order chi connectivity index (χ1) is 13.8. The summed E-state index contributed by atoms with van der Waals surface area (Å²) in [5.41, 5.74) is -0.265. The van der Waals surface area contributed by atoms with Crippen molar-refractivity contribution in [1.82, 2.24) is 0 Å². The fourth-order valence-electron chi connectivity index (χ4n) is 2.96. The fourth-order valence-corrected chi connectivity index (χ4v) is 3.58. The maximum Gasteiger partial charge on any atom is 0.430 e. The van der Waals surface area contributed by atoms with E-state index in [0.29, 0.717) is 10.8 Å². The molecule has 0 fully saturated rings. The Morgan fingerprint density at radius 2 is 1.77 bits per heavy atom. The lowest BCUT2D eigenvalue weighted by molar-refractivity contribution is -0.187. The Morgan fingerprint density at radius 3 is 2.33 bits per heavy atom. The third-order valence-corrected chi connectivity index (χ3v) is 5.05. The first-order valence-electron chi connectivity index (χ1n) is 8.77. The first kappa shape index (κ1) is 22.3. The molecule has 30 heavy (non-hydrogen) atoms. The van der Waals surface area contributed by atoms with E-state index in [4.69, 9.17) is 37.8 Å². The lowest BCUT2D eigenvalue weighted by Gasteiger charge is -2.27. The standard InChI is InChI=1S/C21H17Cl2F3O4/c1-20(2,3)13-8-11(4-5-14(13)22)29-17-9-16-10(7-15(17)23)6-12(19(27)28)18(30-16)21(24,25)26/h4-9,18H,1-3H3,(H,27,28). The Hall–Kier alpha value is -2.38. The molecule has 0 aromatic heterocycles. The number of carbonyl (C=O) groups is 1. The molecular formula is C21H17Cl2F3O4. The monoisotopic (exact) mass is 460 g/mol. The van der Waals surface area contributed by atoms with Crippen LogP contribution in [-0.4, -0.2) is 23.4 Å².